The maximum Gasteiger partial charge on any atom is 0.328 e. The van der Waals surface area contributed by atoms with E-state index in [0.29, 0.717) is 6.61 Å². The summed E-state index contributed by atoms with van der Waals surface area (Å²) in [6.07, 6.45) is 3.38. The molecule has 0 saturated heterocycles. The lowest BCUT2D eigenvalue weighted by atomic mass is 9.86. The Morgan fingerprint density at radius 3 is 2.47 bits per heavy atom. The summed E-state index contributed by atoms with van der Waals surface area (Å²) in [6.45, 7) is 3.72. The number of nitrogens with two attached hydrogens (primary N) is 1. The van der Waals surface area contributed by atoms with Crippen LogP contribution in [-0.2, 0) is 14.3 Å². The van der Waals surface area contributed by atoms with Crippen molar-refractivity contribution in [3.63, 3.8) is 0 Å². The van der Waals surface area contributed by atoms with Crippen LogP contribution in [0.5, 0.6) is 0 Å². The lowest BCUT2D eigenvalue weighted by molar-refractivity contribution is -0.147. The molecule has 1 aliphatic rings. The molecule has 1 amide bonds. The molecular weight excluding hydrogens is 220 g/mol. The zero-order chi connectivity index (χ0) is 12.8. The highest BCUT2D eigenvalue weighted by Gasteiger charge is 2.26. The maximum absolute atomic E-state index is 11.9. The summed E-state index contributed by atoms with van der Waals surface area (Å²) in [6, 6.07) is -0.348. The van der Waals surface area contributed by atoms with Crippen molar-refractivity contribution >= 4 is 11.9 Å². The Labute approximate surface area is 102 Å². The van der Waals surface area contributed by atoms with Gasteiger partial charge in [-0.25, -0.2) is 4.79 Å². The number of carbonyl (C=O) groups excluding carboxylic acids is 2. The first kappa shape index (κ1) is 14.0. The van der Waals surface area contributed by atoms with Crippen molar-refractivity contribution < 1.29 is 14.3 Å². The molecule has 1 fully saturated rings. The molecule has 1 saturated carbocycles. The number of esters is 1. The third kappa shape index (κ3) is 4.34. The van der Waals surface area contributed by atoms with Crippen LogP contribution in [-0.4, -0.2) is 30.6 Å². The van der Waals surface area contributed by atoms with Gasteiger partial charge in [-0.1, -0.05) is 0 Å². The van der Waals surface area contributed by atoms with E-state index in [1.54, 1.807) is 13.8 Å². The van der Waals surface area contributed by atoms with Gasteiger partial charge in [0, 0.05) is 12.0 Å². The fourth-order valence-corrected chi connectivity index (χ4v) is 2.04. The molecular formula is C12H22N2O3. The van der Waals surface area contributed by atoms with E-state index in [2.05, 4.69) is 5.32 Å². The SMILES string of the molecule is CCOC(=O)C(C)NC(=O)C1CCC(N)CC1. The van der Waals surface area contributed by atoms with Gasteiger partial charge in [0.15, 0.2) is 0 Å². The Kier molecular flexibility index (Phi) is 5.41. The van der Waals surface area contributed by atoms with E-state index < -0.39 is 6.04 Å². The summed E-state index contributed by atoms with van der Waals surface area (Å²) in [4.78, 5) is 23.2. The first-order valence-electron chi connectivity index (χ1n) is 6.27. The van der Waals surface area contributed by atoms with E-state index in [4.69, 9.17) is 10.5 Å². The van der Waals surface area contributed by atoms with E-state index in [-0.39, 0.29) is 23.8 Å². The molecule has 0 bridgehead atoms. The van der Waals surface area contributed by atoms with Crippen molar-refractivity contribution in [2.24, 2.45) is 11.7 Å². The molecule has 5 heteroatoms. The molecule has 0 radical (unpaired) electrons. The summed E-state index contributed by atoms with van der Waals surface area (Å²) in [5.74, 6) is -0.447. The largest absolute Gasteiger partial charge is 0.464 e. The van der Waals surface area contributed by atoms with Crippen LogP contribution in [0.2, 0.25) is 0 Å². The summed E-state index contributed by atoms with van der Waals surface area (Å²) < 4.78 is 4.84. The Balaban J connectivity index is 2.35. The molecule has 3 N–H and O–H groups in total. The summed E-state index contributed by atoms with van der Waals surface area (Å²) >= 11 is 0. The summed E-state index contributed by atoms with van der Waals surface area (Å²) in [5, 5.41) is 2.69. The molecule has 0 aromatic heterocycles. The molecule has 98 valence electrons. The molecule has 1 aliphatic carbocycles. The molecule has 1 atom stereocenters. The zero-order valence-corrected chi connectivity index (χ0v) is 10.6. The van der Waals surface area contributed by atoms with Crippen molar-refractivity contribution in [3.05, 3.63) is 0 Å². The lowest BCUT2D eigenvalue weighted by Gasteiger charge is -2.26. The second-order valence-electron chi connectivity index (χ2n) is 4.59. The van der Waals surface area contributed by atoms with Gasteiger partial charge in [0.25, 0.3) is 0 Å². The third-order valence-corrected chi connectivity index (χ3v) is 3.14. The highest BCUT2D eigenvalue weighted by molar-refractivity contribution is 5.85. The van der Waals surface area contributed by atoms with E-state index >= 15 is 0 Å². The number of nitrogens with one attached hydrogen (secondary N) is 1. The van der Waals surface area contributed by atoms with Gasteiger partial charge in [-0.15, -0.1) is 0 Å². The molecule has 1 unspecified atom stereocenters. The van der Waals surface area contributed by atoms with E-state index in [9.17, 15) is 9.59 Å². The number of hydrogen-bond acceptors (Lipinski definition) is 4. The molecule has 5 nitrogen and oxygen atoms in total. The number of ether oxygens (including phenoxy) is 1. The van der Waals surface area contributed by atoms with Gasteiger partial charge in [-0.05, 0) is 39.5 Å². The zero-order valence-electron chi connectivity index (χ0n) is 10.6. The average Bonchev–Trinajstić information content (AvgIpc) is 2.30. The Morgan fingerprint density at radius 2 is 1.94 bits per heavy atom. The van der Waals surface area contributed by atoms with Crippen molar-refractivity contribution in [2.45, 2.75) is 51.6 Å². The first-order valence-corrected chi connectivity index (χ1v) is 6.27. The molecule has 1 rings (SSSR count). The topological polar surface area (TPSA) is 81.4 Å². The fraction of sp³-hybridized carbons (Fsp3) is 0.833. The minimum atomic E-state index is -0.571. The van der Waals surface area contributed by atoms with E-state index in [1.807, 2.05) is 0 Å². The average molecular weight is 242 g/mol. The van der Waals surface area contributed by atoms with Gasteiger partial charge in [0.05, 0.1) is 6.61 Å². The van der Waals surface area contributed by atoms with Gasteiger partial charge in [0.2, 0.25) is 5.91 Å². The quantitative estimate of drug-likeness (QED) is 0.706. The van der Waals surface area contributed by atoms with Crippen LogP contribution in [0, 0.1) is 5.92 Å². The van der Waals surface area contributed by atoms with Crippen LogP contribution in [0.25, 0.3) is 0 Å². The Morgan fingerprint density at radius 1 is 1.35 bits per heavy atom. The monoisotopic (exact) mass is 242 g/mol. The molecule has 0 aliphatic heterocycles. The molecule has 0 aromatic rings. The van der Waals surface area contributed by atoms with Crippen LogP contribution < -0.4 is 11.1 Å². The highest BCUT2D eigenvalue weighted by atomic mass is 16.5. The standard InChI is InChI=1S/C12H22N2O3/c1-3-17-12(16)8(2)14-11(15)9-4-6-10(13)7-5-9/h8-10H,3-7,13H2,1-2H3,(H,14,15). The highest BCUT2D eigenvalue weighted by Crippen LogP contribution is 2.23. The minimum Gasteiger partial charge on any atom is -0.464 e. The predicted molar refractivity (Wildman–Crippen MR) is 64.2 cm³/mol. The lowest BCUT2D eigenvalue weighted by Crippen LogP contribution is -2.44. The number of rotatable bonds is 4. The predicted octanol–water partition coefficient (Wildman–Crippen LogP) is 0.572. The second-order valence-corrected chi connectivity index (χ2v) is 4.59. The van der Waals surface area contributed by atoms with E-state index in [0.717, 1.165) is 25.7 Å². The van der Waals surface area contributed by atoms with Crippen molar-refractivity contribution in [1.29, 1.82) is 0 Å². The number of hydrogen-bond donors (Lipinski definition) is 2. The van der Waals surface area contributed by atoms with Crippen molar-refractivity contribution in [3.8, 4) is 0 Å². The number of carbonyl (C=O) groups is 2. The first-order chi connectivity index (χ1) is 8.04. The van der Waals surface area contributed by atoms with Crippen LogP contribution in [0.15, 0.2) is 0 Å². The molecule has 0 heterocycles. The minimum absolute atomic E-state index is 0.00771. The maximum atomic E-state index is 11.9. The van der Waals surface area contributed by atoms with Crippen LogP contribution >= 0.6 is 0 Å². The van der Waals surface area contributed by atoms with Crippen LogP contribution in [0.3, 0.4) is 0 Å². The third-order valence-electron chi connectivity index (χ3n) is 3.14. The van der Waals surface area contributed by atoms with Gasteiger partial charge >= 0.3 is 5.97 Å². The summed E-state index contributed by atoms with van der Waals surface area (Å²) in [5.41, 5.74) is 5.78. The van der Waals surface area contributed by atoms with Gasteiger partial charge in [-0.2, -0.15) is 0 Å². The molecule has 0 aromatic carbocycles. The molecule has 0 spiro atoms. The fourth-order valence-electron chi connectivity index (χ4n) is 2.04. The van der Waals surface area contributed by atoms with Gasteiger partial charge in [0.1, 0.15) is 6.04 Å². The smallest absolute Gasteiger partial charge is 0.328 e. The van der Waals surface area contributed by atoms with Crippen molar-refractivity contribution in [2.75, 3.05) is 6.61 Å². The molecule has 17 heavy (non-hydrogen) atoms. The Hall–Kier alpha value is -1.10. The van der Waals surface area contributed by atoms with Crippen molar-refractivity contribution in [1.82, 2.24) is 5.32 Å². The number of amides is 1. The van der Waals surface area contributed by atoms with E-state index in [1.165, 1.54) is 0 Å². The van der Waals surface area contributed by atoms with Crippen LogP contribution in [0.1, 0.15) is 39.5 Å². The second kappa shape index (κ2) is 6.59. The Bertz CT molecular complexity index is 273. The van der Waals surface area contributed by atoms with Gasteiger partial charge < -0.3 is 15.8 Å². The van der Waals surface area contributed by atoms with Crippen LogP contribution in [0.4, 0.5) is 0 Å². The normalized spacial score (nSPS) is 26.1. The summed E-state index contributed by atoms with van der Waals surface area (Å²) in [7, 11) is 0. The van der Waals surface area contributed by atoms with Gasteiger partial charge in [-0.3, -0.25) is 4.79 Å².